The van der Waals surface area contributed by atoms with Gasteiger partial charge >= 0.3 is 0 Å². The van der Waals surface area contributed by atoms with Crippen LogP contribution >= 0.6 is 27.5 Å². The van der Waals surface area contributed by atoms with Crippen molar-refractivity contribution < 1.29 is 4.74 Å². The van der Waals surface area contributed by atoms with E-state index in [4.69, 9.17) is 16.3 Å². The van der Waals surface area contributed by atoms with Crippen molar-refractivity contribution in [2.24, 2.45) is 0 Å². The van der Waals surface area contributed by atoms with E-state index in [1.807, 2.05) is 24.3 Å². The smallest absolute Gasteiger partial charge is 0.124 e. The van der Waals surface area contributed by atoms with Crippen LogP contribution in [0.4, 0.5) is 5.69 Å². The van der Waals surface area contributed by atoms with Gasteiger partial charge in [0.2, 0.25) is 0 Å². The molecule has 0 aliphatic carbocycles. The van der Waals surface area contributed by atoms with Gasteiger partial charge in [0.05, 0.1) is 13.2 Å². The van der Waals surface area contributed by atoms with Gasteiger partial charge in [-0.15, -0.1) is 0 Å². The molecule has 0 heterocycles. The minimum atomic E-state index is 0.128. The van der Waals surface area contributed by atoms with Gasteiger partial charge in [0.1, 0.15) is 5.75 Å². The summed E-state index contributed by atoms with van der Waals surface area (Å²) >= 11 is 9.47. The lowest BCUT2D eigenvalue weighted by atomic mass is 10.0. The molecule has 2 nitrogen and oxygen atoms in total. The Morgan fingerprint density at radius 3 is 2.60 bits per heavy atom. The van der Waals surface area contributed by atoms with Crippen LogP contribution in [0, 0.1) is 6.92 Å². The molecule has 0 amide bonds. The first kappa shape index (κ1) is 15.2. The van der Waals surface area contributed by atoms with Crippen molar-refractivity contribution in [3.63, 3.8) is 0 Å². The number of benzene rings is 2. The van der Waals surface area contributed by atoms with E-state index in [2.05, 4.69) is 47.2 Å². The summed E-state index contributed by atoms with van der Waals surface area (Å²) in [5.74, 6) is 0.898. The molecule has 0 aliphatic heterocycles. The molecule has 2 aromatic carbocycles. The lowest BCUT2D eigenvalue weighted by Crippen LogP contribution is -2.08. The predicted molar refractivity (Wildman–Crippen MR) is 88.9 cm³/mol. The SMILES string of the molecule is COc1cc(C)ccc1C(C)Nc1ccc(Cl)cc1Br. The Labute approximate surface area is 133 Å². The molecule has 0 saturated heterocycles. The van der Waals surface area contributed by atoms with Gasteiger partial charge in [0.25, 0.3) is 0 Å². The molecule has 1 atom stereocenters. The van der Waals surface area contributed by atoms with Crippen molar-refractivity contribution in [3.05, 3.63) is 57.0 Å². The van der Waals surface area contributed by atoms with Crippen molar-refractivity contribution in [1.82, 2.24) is 0 Å². The lowest BCUT2D eigenvalue weighted by Gasteiger charge is -2.19. The van der Waals surface area contributed by atoms with Crippen LogP contribution in [0.25, 0.3) is 0 Å². The number of rotatable bonds is 4. The minimum absolute atomic E-state index is 0.128. The molecule has 1 N–H and O–H groups in total. The maximum absolute atomic E-state index is 5.96. The second-order valence-corrected chi connectivity index (χ2v) is 6.03. The summed E-state index contributed by atoms with van der Waals surface area (Å²) in [5, 5.41) is 4.17. The average Bonchev–Trinajstić information content (AvgIpc) is 2.41. The van der Waals surface area contributed by atoms with E-state index in [-0.39, 0.29) is 6.04 Å². The molecule has 106 valence electrons. The van der Waals surface area contributed by atoms with Crippen LogP contribution in [0.5, 0.6) is 5.75 Å². The molecule has 0 saturated carbocycles. The molecule has 0 bridgehead atoms. The van der Waals surface area contributed by atoms with Gasteiger partial charge < -0.3 is 10.1 Å². The second-order valence-electron chi connectivity index (χ2n) is 4.74. The summed E-state index contributed by atoms with van der Waals surface area (Å²) < 4.78 is 6.41. The summed E-state index contributed by atoms with van der Waals surface area (Å²) in [6, 6.07) is 12.1. The predicted octanol–water partition coefficient (Wildman–Crippen LogP) is 5.59. The molecule has 2 aromatic rings. The Bertz CT molecular complexity index is 615. The monoisotopic (exact) mass is 353 g/mol. The third-order valence-corrected chi connectivity index (χ3v) is 4.05. The van der Waals surface area contributed by atoms with E-state index >= 15 is 0 Å². The zero-order valence-electron chi connectivity index (χ0n) is 11.7. The number of methoxy groups -OCH3 is 1. The topological polar surface area (TPSA) is 21.3 Å². The van der Waals surface area contributed by atoms with Crippen LogP contribution in [0.2, 0.25) is 5.02 Å². The van der Waals surface area contributed by atoms with Gasteiger partial charge in [0.15, 0.2) is 0 Å². The summed E-state index contributed by atoms with van der Waals surface area (Å²) in [6.45, 7) is 4.16. The molecular weight excluding hydrogens is 338 g/mol. The van der Waals surface area contributed by atoms with Crippen LogP contribution in [0.3, 0.4) is 0 Å². The van der Waals surface area contributed by atoms with Gasteiger partial charge in [-0.25, -0.2) is 0 Å². The van der Waals surface area contributed by atoms with Crippen LogP contribution < -0.4 is 10.1 Å². The maximum Gasteiger partial charge on any atom is 0.124 e. The molecule has 4 heteroatoms. The van der Waals surface area contributed by atoms with Crippen LogP contribution in [-0.4, -0.2) is 7.11 Å². The largest absolute Gasteiger partial charge is 0.496 e. The van der Waals surface area contributed by atoms with E-state index < -0.39 is 0 Å². The average molecular weight is 355 g/mol. The standard InChI is InChI=1S/C16H17BrClNO/c1-10-4-6-13(16(8-10)20-3)11(2)19-15-7-5-12(18)9-14(15)17/h4-9,11,19H,1-3H3. The van der Waals surface area contributed by atoms with E-state index in [0.717, 1.165) is 21.5 Å². The van der Waals surface area contributed by atoms with Gasteiger partial charge in [0, 0.05) is 20.7 Å². The third-order valence-electron chi connectivity index (χ3n) is 3.16. The first-order valence-electron chi connectivity index (χ1n) is 6.37. The first-order valence-corrected chi connectivity index (χ1v) is 7.54. The van der Waals surface area contributed by atoms with Gasteiger partial charge in [-0.2, -0.15) is 0 Å². The molecule has 0 radical (unpaired) electrons. The molecule has 0 aliphatic rings. The molecule has 20 heavy (non-hydrogen) atoms. The van der Waals surface area contributed by atoms with E-state index in [9.17, 15) is 0 Å². The van der Waals surface area contributed by atoms with E-state index in [0.29, 0.717) is 5.02 Å². The zero-order valence-corrected chi connectivity index (χ0v) is 14.0. The quantitative estimate of drug-likeness (QED) is 0.772. The minimum Gasteiger partial charge on any atom is -0.496 e. The number of anilines is 1. The molecule has 0 spiro atoms. The Morgan fingerprint density at radius 2 is 1.95 bits per heavy atom. The number of hydrogen-bond acceptors (Lipinski definition) is 2. The van der Waals surface area contributed by atoms with E-state index in [1.165, 1.54) is 5.56 Å². The maximum atomic E-state index is 5.96. The Balaban J connectivity index is 2.25. The van der Waals surface area contributed by atoms with Gasteiger partial charge in [-0.05, 0) is 59.6 Å². The highest BCUT2D eigenvalue weighted by Gasteiger charge is 2.12. The van der Waals surface area contributed by atoms with Crippen LogP contribution in [0.15, 0.2) is 40.9 Å². The van der Waals surface area contributed by atoms with Crippen molar-refractivity contribution in [1.29, 1.82) is 0 Å². The highest BCUT2D eigenvalue weighted by molar-refractivity contribution is 9.10. The summed E-state index contributed by atoms with van der Waals surface area (Å²) in [4.78, 5) is 0. The molecule has 0 aromatic heterocycles. The summed E-state index contributed by atoms with van der Waals surface area (Å²) in [7, 11) is 1.70. The number of hydrogen-bond donors (Lipinski definition) is 1. The fraction of sp³-hybridized carbons (Fsp3) is 0.250. The van der Waals surface area contributed by atoms with E-state index in [1.54, 1.807) is 7.11 Å². The molecule has 1 unspecified atom stereocenters. The Kier molecular flexibility index (Phi) is 4.95. The third kappa shape index (κ3) is 3.47. The Morgan fingerprint density at radius 1 is 1.20 bits per heavy atom. The highest BCUT2D eigenvalue weighted by atomic mass is 79.9. The van der Waals surface area contributed by atoms with Crippen LogP contribution in [-0.2, 0) is 0 Å². The van der Waals surface area contributed by atoms with Crippen molar-refractivity contribution in [2.45, 2.75) is 19.9 Å². The molecule has 2 rings (SSSR count). The number of ether oxygens (including phenoxy) is 1. The first-order chi connectivity index (χ1) is 9.51. The number of aryl methyl sites for hydroxylation is 1. The fourth-order valence-corrected chi connectivity index (χ4v) is 2.89. The number of halogens is 2. The van der Waals surface area contributed by atoms with Crippen LogP contribution in [0.1, 0.15) is 24.1 Å². The summed E-state index contributed by atoms with van der Waals surface area (Å²) in [5.41, 5.74) is 3.31. The van der Waals surface area contributed by atoms with Gasteiger partial charge in [-0.3, -0.25) is 0 Å². The lowest BCUT2D eigenvalue weighted by molar-refractivity contribution is 0.407. The zero-order chi connectivity index (χ0) is 14.7. The fourth-order valence-electron chi connectivity index (χ4n) is 2.09. The molecule has 0 fully saturated rings. The van der Waals surface area contributed by atoms with Crippen molar-refractivity contribution in [3.8, 4) is 5.75 Å². The second kappa shape index (κ2) is 6.51. The number of nitrogens with one attached hydrogen (secondary N) is 1. The van der Waals surface area contributed by atoms with Gasteiger partial charge in [-0.1, -0.05) is 23.7 Å². The molecular formula is C16H17BrClNO. The Hall–Kier alpha value is -1.19. The van der Waals surface area contributed by atoms with Crippen molar-refractivity contribution >= 4 is 33.2 Å². The normalized spacial score (nSPS) is 12.1. The highest BCUT2D eigenvalue weighted by Crippen LogP contribution is 2.32. The van der Waals surface area contributed by atoms with Crippen molar-refractivity contribution in [2.75, 3.05) is 12.4 Å². The summed E-state index contributed by atoms with van der Waals surface area (Å²) in [6.07, 6.45) is 0.